The number of hydrogen-bond donors (Lipinski definition) is 2. The van der Waals surface area contributed by atoms with E-state index in [4.69, 9.17) is 0 Å². The fourth-order valence-electron chi connectivity index (χ4n) is 4.53. The van der Waals surface area contributed by atoms with Crippen molar-refractivity contribution >= 4 is 39.1 Å². The van der Waals surface area contributed by atoms with Crippen LogP contribution in [0, 0.1) is 16.0 Å². The van der Waals surface area contributed by atoms with E-state index in [0.717, 1.165) is 54.7 Å². The highest BCUT2D eigenvalue weighted by Crippen LogP contribution is 2.27. The van der Waals surface area contributed by atoms with Crippen molar-refractivity contribution in [2.24, 2.45) is 5.92 Å². The van der Waals surface area contributed by atoms with Crippen LogP contribution in [0.3, 0.4) is 0 Å². The number of imide groups is 1. The number of nitro groups is 1. The Kier molecular flexibility index (Phi) is 9.76. The Morgan fingerprint density at radius 2 is 1.77 bits per heavy atom. The smallest absolute Gasteiger partial charge is 0.290 e. The number of anilines is 1. The number of carbonyl (C=O) groups excluding carboxylic acids is 3. The quantitative estimate of drug-likeness (QED) is 0.332. The molecular formula is C26H33N5O7S. The average Bonchev–Trinajstić information content (AvgIpc) is 2.86. The second-order valence-electron chi connectivity index (χ2n) is 9.67. The first kappa shape index (κ1) is 29.7. The summed E-state index contributed by atoms with van der Waals surface area (Å²) >= 11 is 0. The van der Waals surface area contributed by atoms with Crippen molar-refractivity contribution in [1.82, 2.24) is 15.1 Å². The number of nitro benzene ring substituents is 1. The third-order valence-electron chi connectivity index (χ3n) is 6.44. The molecule has 0 spiro atoms. The standard InChI is InChI=1S/C26H33N5O7S/c1-18-5-4-13-29(16-18)17-21-6-9-23(10-7-21)28-39(37,38)25-11-8-22(15-24(25)31(35)36)26(34)27-12-14-30(19(2)32)20(3)33/h6-11,15,18,28H,4-5,12-14,16-17H2,1-3H3,(H,27,34)/t18-/m0/s1. The molecule has 1 heterocycles. The summed E-state index contributed by atoms with van der Waals surface area (Å²) in [5.74, 6) is -1.05. The predicted molar refractivity (Wildman–Crippen MR) is 144 cm³/mol. The Hall–Kier alpha value is -3.84. The highest BCUT2D eigenvalue weighted by Gasteiger charge is 2.28. The second kappa shape index (κ2) is 12.8. The van der Waals surface area contributed by atoms with Gasteiger partial charge in [0.1, 0.15) is 0 Å². The van der Waals surface area contributed by atoms with Crippen LogP contribution in [-0.2, 0) is 26.2 Å². The zero-order chi connectivity index (χ0) is 28.7. The number of benzene rings is 2. The Labute approximate surface area is 227 Å². The molecule has 0 unspecified atom stereocenters. The van der Waals surface area contributed by atoms with Gasteiger partial charge in [-0.15, -0.1) is 0 Å². The van der Waals surface area contributed by atoms with Gasteiger partial charge in [-0.05, 0) is 55.1 Å². The predicted octanol–water partition coefficient (Wildman–Crippen LogP) is 2.75. The minimum atomic E-state index is -4.34. The first-order valence-corrected chi connectivity index (χ1v) is 14.0. The number of carbonyl (C=O) groups is 3. The fraction of sp³-hybridized carbons (Fsp3) is 0.423. The number of amides is 3. The number of nitrogens with one attached hydrogen (secondary N) is 2. The van der Waals surface area contributed by atoms with Gasteiger partial charge in [0.2, 0.25) is 11.8 Å². The van der Waals surface area contributed by atoms with Crippen molar-refractivity contribution in [2.75, 3.05) is 30.9 Å². The van der Waals surface area contributed by atoms with Crippen LogP contribution in [-0.4, -0.2) is 67.0 Å². The van der Waals surface area contributed by atoms with Crippen LogP contribution in [0.5, 0.6) is 0 Å². The van der Waals surface area contributed by atoms with E-state index in [0.29, 0.717) is 5.92 Å². The first-order valence-electron chi connectivity index (χ1n) is 12.6. The average molecular weight is 560 g/mol. The summed E-state index contributed by atoms with van der Waals surface area (Å²) < 4.78 is 28.4. The lowest BCUT2D eigenvalue weighted by atomic mass is 10.00. The van der Waals surface area contributed by atoms with E-state index in [1.54, 1.807) is 12.1 Å². The van der Waals surface area contributed by atoms with Gasteiger partial charge in [-0.1, -0.05) is 19.1 Å². The molecule has 1 aliphatic rings. The van der Waals surface area contributed by atoms with E-state index in [2.05, 4.69) is 21.9 Å². The van der Waals surface area contributed by atoms with Crippen LogP contribution in [0.4, 0.5) is 11.4 Å². The Balaban J connectivity index is 1.69. The van der Waals surface area contributed by atoms with E-state index in [9.17, 15) is 32.9 Å². The summed E-state index contributed by atoms with van der Waals surface area (Å²) in [6.45, 7) is 7.28. The summed E-state index contributed by atoms with van der Waals surface area (Å²) in [5, 5.41) is 14.2. The second-order valence-corrected chi connectivity index (χ2v) is 11.3. The highest BCUT2D eigenvalue weighted by molar-refractivity contribution is 7.92. The molecule has 1 atom stereocenters. The van der Waals surface area contributed by atoms with Crippen molar-refractivity contribution < 1.29 is 27.7 Å². The van der Waals surface area contributed by atoms with Gasteiger partial charge in [-0.2, -0.15) is 0 Å². The van der Waals surface area contributed by atoms with Crippen LogP contribution in [0.25, 0.3) is 0 Å². The molecule has 0 aromatic heterocycles. The van der Waals surface area contributed by atoms with E-state index < -0.39 is 43.3 Å². The molecule has 0 aliphatic carbocycles. The zero-order valence-electron chi connectivity index (χ0n) is 22.2. The molecule has 2 aromatic carbocycles. The number of rotatable bonds is 10. The molecule has 3 amide bonds. The number of likely N-dealkylation sites (tertiary alicyclic amines) is 1. The molecule has 0 radical (unpaired) electrons. The van der Waals surface area contributed by atoms with Gasteiger partial charge in [-0.3, -0.25) is 39.0 Å². The summed E-state index contributed by atoms with van der Waals surface area (Å²) in [6, 6.07) is 9.89. The van der Waals surface area contributed by atoms with E-state index >= 15 is 0 Å². The molecule has 0 bridgehead atoms. The monoisotopic (exact) mass is 559 g/mol. The van der Waals surface area contributed by atoms with Gasteiger partial charge in [0.25, 0.3) is 21.6 Å². The van der Waals surface area contributed by atoms with Crippen LogP contribution in [0.1, 0.15) is 49.5 Å². The lowest BCUT2D eigenvalue weighted by Gasteiger charge is -2.30. The maximum Gasteiger partial charge on any atom is 0.290 e. The molecule has 13 heteroatoms. The van der Waals surface area contributed by atoms with Crippen LogP contribution >= 0.6 is 0 Å². The lowest BCUT2D eigenvalue weighted by molar-refractivity contribution is -0.387. The third-order valence-corrected chi connectivity index (χ3v) is 7.87. The number of sulfonamides is 1. The minimum absolute atomic E-state index is 0.0785. The largest absolute Gasteiger partial charge is 0.350 e. The van der Waals surface area contributed by atoms with Gasteiger partial charge in [-0.25, -0.2) is 8.42 Å². The number of hydrogen-bond acceptors (Lipinski definition) is 8. The summed E-state index contributed by atoms with van der Waals surface area (Å²) in [7, 11) is -4.34. The van der Waals surface area contributed by atoms with Crippen molar-refractivity contribution in [3.8, 4) is 0 Å². The number of piperidine rings is 1. The van der Waals surface area contributed by atoms with Crippen molar-refractivity contribution in [3.63, 3.8) is 0 Å². The van der Waals surface area contributed by atoms with E-state index in [1.165, 1.54) is 20.3 Å². The van der Waals surface area contributed by atoms with Gasteiger partial charge >= 0.3 is 0 Å². The number of nitrogens with zero attached hydrogens (tertiary/aromatic N) is 3. The van der Waals surface area contributed by atoms with E-state index in [1.807, 2.05) is 12.1 Å². The summed E-state index contributed by atoms with van der Waals surface area (Å²) in [6.07, 6.45) is 2.37. The SMILES string of the molecule is CC(=O)N(CCNC(=O)c1ccc(S(=O)(=O)Nc2ccc(CN3CCC[C@H](C)C3)cc2)c([N+](=O)[O-])c1)C(C)=O. The van der Waals surface area contributed by atoms with E-state index in [-0.39, 0.29) is 24.3 Å². The third kappa shape index (κ3) is 8.07. The molecule has 3 rings (SSSR count). The Morgan fingerprint density at radius 1 is 1.10 bits per heavy atom. The fourth-order valence-corrected chi connectivity index (χ4v) is 5.74. The zero-order valence-corrected chi connectivity index (χ0v) is 23.0. The van der Waals surface area contributed by atoms with Crippen LogP contribution < -0.4 is 10.0 Å². The van der Waals surface area contributed by atoms with Crippen molar-refractivity contribution in [3.05, 3.63) is 63.7 Å². The molecule has 39 heavy (non-hydrogen) atoms. The maximum atomic E-state index is 13.0. The van der Waals surface area contributed by atoms with Crippen molar-refractivity contribution in [1.29, 1.82) is 0 Å². The van der Waals surface area contributed by atoms with Gasteiger partial charge in [0.05, 0.1) is 4.92 Å². The molecule has 2 aromatic rings. The Morgan fingerprint density at radius 3 is 2.36 bits per heavy atom. The normalized spacial score (nSPS) is 15.8. The lowest BCUT2D eigenvalue weighted by Crippen LogP contribution is -2.40. The molecule has 1 saturated heterocycles. The summed E-state index contributed by atoms with van der Waals surface area (Å²) in [5.41, 5.74) is 0.375. The van der Waals surface area contributed by atoms with Gasteiger partial charge in [0, 0.05) is 57.3 Å². The Bertz CT molecular complexity index is 1330. The molecule has 210 valence electrons. The topological polar surface area (TPSA) is 159 Å². The molecule has 12 nitrogen and oxygen atoms in total. The molecular weight excluding hydrogens is 526 g/mol. The highest BCUT2D eigenvalue weighted by atomic mass is 32.2. The van der Waals surface area contributed by atoms with Gasteiger partial charge < -0.3 is 5.32 Å². The van der Waals surface area contributed by atoms with Crippen LogP contribution in [0.15, 0.2) is 47.4 Å². The molecule has 1 fully saturated rings. The van der Waals surface area contributed by atoms with Crippen molar-refractivity contribution in [2.45, 2.75) is 45.1 Å². The maximum absolute atomic E-state index is 13.0. The molecule has 0 saturated carbocycles. The molecule has 1 aliphatic heterocycles. The molecule has 2 N–H and O–H groups in total. The minimum Gasteiger partial charge on any atom is -0.350 e. The van der Waals surface area contributed by atoms with Gasteiger partial charge in [0.15, 0.2) is 4.90 Å². The first-order chi connectivity index (χ1) is 18.4. The van der Waals surface area contributed by atoms with Crippen LogP contribution in [0.2, 0.25) is 0 Å². The summed E-state index contributed by atoms with van der Waals surface area (Å²) in [4.78, 5) is 49.0.